The Morgan fingerprint density at radius 2 is 2.21 bits per heavy atom. The summed E-state index contributed by atoms with van der Waals surface area (Å²) in [5, 5.41) is 0. The standard InChI is InChI=1S/C12H16O2/c1-4-6-8-10-12(9-7-5-2)14-11(3)13/h4-5,12H,1-2,6-7,9H2,3H3. The van der Waals surface area contributed by atoms with Crippen molar-refractivity contribution in [3.8, 4) is 11.8 Å². The van der Waals surface area contributed by atoms with Crippen molar-refractivity contribution >= 4 is 5.97 Å². The second-order valence-electron chi connectivity index (χ2n) is 2.78. The van der Waals surface area contributed by atoms with E-state index in [4.69, 9.17) is 4.74 Å². The highest BCUT2D eigenvalue weighted by Crippen LogP contribution is 2.02. The predicted molar refractivity (Wildman–Crippen MR) is 57.6 cm³/mol. The molecule has 1 atom stereocenters. The fourth-order valence-corrected chi connectivity index (χ4v) is 0.875. The number of hydrogen-bond donors (Lipinski definition) is 0. The van der Waals surface area contributed by atoms with E-state index in [-0.39, 0.29) is 12.1 Å². The van der Waals surface area contributed by atoms with Gasteiger partial charge < -0.3 is 4.74 Å². The summed E-state index contributed by atoms with van der Waals surface area (Å²) >= 11 is 0. The number of hydrogen-bond acceptors (Lipinski definition) is 2. The highest BCUT2D eigenvalue weighted by atomic mass is 16.5. The average molecular weight is 192 g/mol. The molecule has 14 heavy (non-hydrogen) atoms. The molecule has 2 nitrogen and oxygen atoms in total. The zero-order valence-corrected chi connectivity index (χ0v) is 8.58. The minimum absolute atomic E-state index is 0.299. The Morgan fingerprint density at radius 3 is 2.71 bits per heavy atom. The van der Waals surface area contributed by atoms with E-state index in [2.05, 4.69) is 25.0 Å². The molecule has 0 amide bonds. The Balaban J connectivity index is 4.10. The lowest BCUT2D eigenvalue weighted by atomic mass is 10.2. The van der Waals surface area contributed by atoms with Crippen molar-refractivity contribution in [3.05, 3.63) is 25.3 Å². The van der Waals surface area contributed by atoms with Gasteiger partial charge in [0, 0.05) is 13.3 Å². The molecule has 0 N–H and O–H groups in total. The van der Waals surface area contributed by atoms with Gasteiger partial charge in [-0.1, -0.05) is 24.0 Å². The van der Waals surface area contributed by atoms with Gasteiger partial charge in [0.2, 0.25) is 0 Å². The average Bonchev–Trinajstić information content (AvgIpc) is 2.13. The molecular weight excluding hydrogens is 176 g/mol. The van der Waals surface area contributed by atoms with Crippen molar-refractivity contribution in [1.29, 1.82) is 0 Å². The smallest absolute Gasteiger partial charge is 0.303 e. The minimum Gasteiger partial charge on any atom is -0.449 e. The SMILES string of the molecule is C=CCC#CC(CCC=C)OC(C)=O. The van der Waals surface area contributed by atoms with Gasteiger partial charge in [0.25, 0.3) is 0 Å². The molecule has 0 aromatic heterocycles. The molecule has 0 radical (unpaired) electrons. The Bertz CT molecular complexity index is 255. The van der Waals surface area contributed by atoms with Crippen LogP contribution in [0.4, 0.5) is 0 Å². The summed E-state index contributed by atoms with van der Waals surface area (Å²) in [6.45, 7) is 8.54. The van der Waals surface area contributed by atoms with Gasteiger partial charge in [0.05, 0.1) is 0 Å². The van der Waals surface area contributed by atoms with E-state index in [0.717, 1.165) is 6.42 Å². The molecule has 0 aromatic rings. The van der Waals surface area contributed by atoms with Crippen LogP contribution in [-0.2, 0) is 9.53 Å². The molecule has 0 spiro atoms. The van der Waals surface area contributed by atoms with E-state index in [1.165, 1.54) is 6.92 Å². The van der Waals surface area contributed by atoms with Crippen molar-refractivity contribution in [1.82, 2.24) is 0 Å². The van der Waals surface area contributed by atoms with E-state index in [9.17, 15) is 4.79 Å². The summed E-state index contributed by atoms with van der Waals surface area (Å²) in [4.78, 5) is 10.7. The molecule has 1 unspecified atom stereocenters. The van der Waals surface area contributed by atoms with Gasteiger partial charge in [-0.05, 0) is 12.8 Å². The number of allylic oxidation sites excluding steroid dienone is 2. The van der Waals surface area contributed by atoms with Crippen molar-refractivity contribution in [2.75, 3.05) is 0 Å². The van der Waals surface area contributed by atoms with E-state index >= 15 is 0 Å². The molecule has 0 aliphatic rings. The van der Waals surface area contributed by atoms with Gasteiger partial charge in [0.1, 0.15) is 0 Å². The number of ether oxygens (including phenoxy) is 1. The predicted octanol–water partition coefficient (Wildman–Crippen LogP) is 2.46. The quantitative estimate of drug-likeness (QED) is 0.380. The normalized spacial score (nSPS) is 10.6. The van der Waals surface area contributed by atoms with Gasteiger partial charge >= 0.3 is 5.97 Å². The third kappa shape index (κ3) is 7.17. The molecule has 0 saturated carbocycles. The van der Waals surface area contributed by atoms with Gasteiger partial charge in [-0.2, -0.15) is 0 Å². The van der Waals surface area contributed by atoms with Crippen LogP contribution in [0.1, 0.15) is 26.2 Å². The van der Waals surface area contributed by atoms with E-state index in [1.807, 2.05) is 0 Å². The molecule has 0 bridgehead atoms. The number of carbonyl (C=O) groups is 1. The fourth-order valence-electron chi connectivity index (χ4n) is 0.875. The summed E-state index contributed by atoms with van der Waals surface area (Å²) in [7, 11) is 0. The van der Waals surface area contributed by atoms with Crippen LogP contribution >= 0.6 is 0 Å². The van der Waals surface area contributed by atoms with Crippen LogP contribution < -0.4 is 0 Å². The van der Waals surface area contributed by atoms with Crippen molar-refractivity contribution in [2.24, 2.45) is 0 Å². The lowest BCUT2D eigenvalue weighted by molar-refractivity contribution is -0.143. The molecule has 0 saturated heterocycles. The summed E-state index contributed by atoms with van der Waals surface area (Å²) in [6, 6.07) is 0. The topological polar surface area (TPSA) is 26.3 Å². The largest absolute Gasteiger partial charge is 0.449 e. The molecule has 0 rings (SSSR count). The highest BCUT2D eigenvalue weighted by Gasteiger charge is 2.06. The Hall–Kier alpha value is -1.49. The lowest BCUT2D eigenvalue weighted by Gasteiger charge is -2.08. The fraction of sp³-hybridized carbons (Fsp3) is 0.417. The Morgan fingerprint density at radius 1 is 1.50 bits per heavy atom. The summed E-state index contributed by atoms with van der Waals surface area (Å²) in [5.41, 5.74) is 0. The molecule has 0 heterocycles. The molecular formula is C12H16O2. The molecule has 0 aliphatic carbocycles. The molecule has 0 fully saturated rings. The summed E-state index contributed by atoms with van der Waals surface area (Å²) in [6.07, 6.45) is 5.29. The molecule has 0 aliphatic heterocycles. The van der Waals surface area contributed by atoms with Crippen LogP contribution in [0.2, 0.25) is 0 Å². The molecule has 76 valence electrons. The lowest BCUT2D eigenvalue weighted by Crippen LogP contribution is -2.13. The maximum Gasteiger partial charge on any atom is 0.303 e. The van der Waals surface area contributed by atoms with Gasteiger partial charge in [-0.25, -0.2) is 0 Å². The Labute approximate surface area is 85.6 Å². The van der Waals surface area contributed by atoms with E-state index in [0.29, 0.717) is 12.8 Å². The highest BCUT2D eigenvalue weighted by molar-refractivity contribution is 5.66. The van der Waals surface area contributed by atoms with Crippen LogP contribution in [0.3, 0.4) is 0 Å². The maximum atomic E-state index is 10.7. The zero-order valence-electron chi connectivity index (χ0n) is 8.58. The van der Waals surface area contributed by atoms with E-state index in [1.54, 1.807) is 12.2 Å². The minimum atomic E-state index is -0.314. The van der Waals surface area contributed by atoms with Crippen LogP contribution in [0.15, 0.2) is 25.3 Å². The Kier molecular flexibility index (Phi) is 7.26. The van der Waals surface area contributed by atoms with Crippen molar-refractivity contribution < 1.29 is 9.53 Å². The van der Waals surface area contributed by atoms with Gasteiger partial charge in [-0.15, -0.1) is 13.2 Å². The van der Waals surface area contributed by atoms with Crippen LogP contribution in [0, 0.1) is 11.8 Å². The monoisotopic (exact) mass is 192 g/mol. The first-order valence-electron chi connectivity index (χ1n) is 4.58. The second-order valence-corrected chi connectivity index (χ2v) is 2.78. The van der Waals surface area contributed by atoms with Crippen LogP contribution in [0.25, 0.3) is 0 Å². The van der Waals surface area contributed by atoms with Crippen molar-refractivity contribution in [2.45, 2.75) is 32.3 Å². The number of rotatable bonds is 5. The maximum absolute atomic E-state index is 10.7. The van der Waals surface area contributed by atoms with Crippen molar-refractivity contribution in [3.63, 3.8) is 0 Å². The first kappa shape index (κ1) is 12.5. The third-order valence-corrected chi connectivity index (χ3v) is 1.45. The summed E-state index contributed by atoms with van der Waals surface area (Å²) in [5.74, 6) is 5.45. The number of esters is 1. The summed E-state index contributed by atoms with van der Waals surface area (Å²) < 4.78 is 5.00. The first-order chi connectivity index (χ1) is 6.70. The molecule has 0 aromatic carbocycles. The second kappa shape index (κ2) is 8.12. The molecule has 2 heteroatoms. The number of carbonyl (C=O) groups excluding carboxylic acids is 1. The van der Waals surface area contributed by atoms with E-state index < -0.39 is 0 Å². The van der Waals surface area contributed by atoms with Gasteiger partial charge in [0.15, 0.2) is 6.10 Å². The third-order valence-electron chi connectivity index (χ3n) is 1.45. The zero-order chi connectivity index (χ0) is 10.8. The van der Waals surface area contributed by atoms with Gasteiger partial charge in [-0.3, -0.25) is 4.79 Å². The van der Waals surface area contributed by atoms with Crippen LogP contribution in [-0.4, -0.2) is 12.1 Å². The van der Waals surface area contributed by atoms with Crippen LogP contribution in [0.5, 0.6) is 0 Å². The first-order valence-corrected chi connectivity index (χ1v) is 4.58.